The van der Waals surface area contributed by atoms with Crippen LogP contribution in [0.3, 0.4) is 0 Å². The molecule has 0 spiro atoms. The Labute approximate surface area is 59.3 Å². The molecule has 1 rings (SSSR count). The zero-order chi connectivity index (χ0) is 7.56. The summed E-state index contributed by atoms with van der Waals surface area (Å²) in [4.78, 5) is 10.7. The van der Waals surface area contributed by atoms with Gasteiger partial charge in [-0.25, -0.2) is 0 Å². The summed E-state index contributed by atoms with van der Waals surface area (Å²) in [6, 6.07) is 3.08. The maximum absolute atomic E-state index is 10.7. The lowest BCUT2D eigenvalue weighted by Crippen LogP contribution is -2.07. The summed E-state index contributed by atoms with van der Waals surface area (Å²) in [5.74, 6) is 0.826. The Morgan fingerprint density at radius 3 is 2.80 bits per heavy atom. The predicted molar refractivity (Wildman–Crippen MR) is 41.2 cm³/mol. The van der Waals surface area contributed by atoms with E-state index in [0.29, 0.717) is 0 Å². The van der Waals surface area contributed by atoms with E-state index in [1.54, 1.807) is 19.3 Å². The molecule has 0 radical (unpaired) electrons. The third-order valence-electron chi connectivity index (χ3n) is 1.38. The Balaban J connectivity index is 3.22. The van der Waals surface area contributed by atoms with E-state index in [1.165, 1.54) is 6.07 Å². The van der Waals surface area contributed by atoms with Crippen molar-refractivity contribution < 1.29 is 0 Å². The summed E-state index contributed by atoms with van der Waals surface area (Å²) in [5, 5.41) is 2.90. The maximum Gasteiger partial charge on any atom is 0.183 e. The molecule has 0 atom stereocenters. The van der Waals surface area contributed by atoms with Crippen LogP contribution in [0.25, 0.3) is 0 Å². The Kier molecular flexibility index (Phi) is 1.76. The number of nitrogens with zero attached hydrogens (tertiary/aromatic N) is 1. The lowest BCUT2D eigenvalue weighted by atomic mass is 10.4. The molecular formula is C7H10N2O. The minimum atomic E-state index is 0.0300. The molecule has 0 aliphatic carbocycles. The molecule has 54 valence electrons. The second-order valence-corrected chi connectivity index (χ2v) is 2.11. The van der Waals surface area contributed by atoms with Gasteiger partial charge in [0.05, 0.1) is 0 Å². The van der Waals surface area contributed by atoms with Gasteiger partial charge in [0.25, 0.3) is 0 Å². The SMILES string of the molecule is CNc1cc(=O)ccn1C. The number of pyridine rings is 1. The zero-order valence-corrected chi connectivity index (χ0v) is 6.09. The molecule has 0 aliphatic heterocycles. The van der Waals surface area contributed by atoms with E-state index in [4.69, 9.17) is 0 Å². The summed E-state index contributed by atoms with van der Waals surface area (Å²) in [6.45, 7) is 0. The van der Waals surface area contributed by atoms with Crippen molar-refractivity contribution in [3.05, 3.63) is 28.6 Å². The van der Waals surface area contributed by atoms with Crippen LogP contribution in [0.4, 0.5) is 5.82 Å². The summed E-state index contributed by atoms with van der Waals surface area (Å²) >= 11 is 0. The van der Waals surface area contributed by atoms with Crippen molar-refractivity contribution in [3.8, 4) is 0 Å². The zero-order valence-electron chi connectivity index (χ0n) is 6.09. The topological polar surface area (TPSA) is 34.0 Å². The molecule has 0 saturated heterocycles. The minimum Gasteiger partial charge on any atom is -0.374 e. The van der Waals surface area contributed by atoms with Gasteiger partial charge in [-0.3, -0.25) is 4.79 Å². The molecule has 1 heterocycles. The minimum absolute atomic E-state index is 0.0300. The predicted octanol–water partition coefficient (Wildman–Crippen LogP) is 0.427. The highest BCUT2D eigenvalue weighted by atomic mass is 16.1. The van der Waals surface area contributed by atoms with Crippen LogP contribution in [0.2, 0.25) is 0 Å². The highest BCUT2D eigenvalue weighted by Crippen LogP contribution is 1.97. The Morgan fingerprint density at radius 1 is 1.60 bits per heavy atom. The monoisotopic (exact) mass is 138 g/mol. The second-order valence-electron chi connectivity index (χ2n) is 2.11. The van der Waals surface area contributed by atoms with E-state index in [9.17, 15) is 4.79 Å². The lowest BCUT2D eigenvalue weighted by molar-refractivity contribution is 0.906. The molecule has 3 heteroatoms. The molecular weight excluding hydrogens is 128 g/mol. The van der Waals surface area contributed by atoms with Crippen molar-refractivity contribution in [1.29, 1.82) is 0 Å². The largest absolute Gasteiger partial charge is 0.374 e. The van der Waals surface area contributed by atoms with Crippen LogP contribution in [-0.4, -0.2) is 11.6 Å². The quantitative estimate of drug-likeness (QED) is 0.610. The Hall–Kier alpha value is -1.25. The van der Waals surface area contributed by atoms with Gasteiger partial charge in [0.2, 0.25) is 0 Å². The van der Waals surface area contributed by atoms with Gasteiger partial charge in [0.15, 0.2) is 5.43 Å². The third-order valence-corrected chi connectivity index (χ3v) is 1.38. The Bertz CT molecular complexity index is 277. The lowest BCUT2D eigenvalue weighted by Gasteiger charge is -2.04. The summed E-state index contributed by atoms with van der Waals surface area (Å²) in [6.07, 6.45) is 1.73. The first-order valence-corrected chi connectivity index (χ1v) is 3.08. The van der Waals surface area contributed by atoms with Crippen LogP contribution in [0.1, 0.15) is 0 Å². The second kappa shape index (κ2) is 2.56. The van der Waals surface area contributed by atoms with Gasteiger partial charge in [-0.2, -0.15) is 0 Å². The van der Waals surface area contributed by atoms with E-state index in [2.05, 4.69) is 5.32 Å². The molecule has 1 aromatic rings. The Morgan fingerprint density at radius 2 is 2.30 bits per heavy atom. The van der Waals surface area contributed by atoms with Crippen molar-refractivity contribution in [3.63, 3.8) is 0 Å². The van der Waals surface area contributed by atoms with E-state index in [1.807, 2.05) is 11.6 Å². The number of hydrogen-bond donors (Lipinski definition) is 1. The van der Waals surface area contributed by atoms with Crippen molar-refractivity contribution in [2.24, 2.45) is 7.05 Å². The van der Waals surface area contributed by atoms with Crippen molar-refractivity contribution in [2.45, 2.75) is 0 Å². The first-order chi connectivity index (χ1) is 4.74. The molecule has 0 bridgehead atoms. The van der Waals surface area contributed by atoms with Gasteiger partial charge in [-0.05, 0) is 0 Å². The number of anilines is 1. The fraction of sp³-hybridized carbons (Fsp3) is 0.286. The molecule has 1 aromatic heterocycles. The number of aryl methyl sites for hydroxylation is 1. The number of hydrogen-bond acceptors (Lipinski definition) is 2. The van der Waals surface area contributed by atoms with Crippen LogP contribution < -0.4 is 10.7 Å². The molecule has 0 saturated carbocycles. The number of rotatable bonds is 1. The van der Waals surface area contributed by atoms with E-state index in [-0.39, 0.29) is 5.43 Å². The highest BCUT2D eigenvalue weighted by molar-refractivity contribution is 5.33. The standard InChI is InChI=1S/C7H10N2O/c1-8-7-5-6(10)3-4-9(7)2/h3-5,8H,1-2H3. The van der Waals surface area contributed by atoms with Crippen LogP contribution in [0.5, 0.6) is 0 Å². The maximum atomic E-state index is 10.7. The highest BCUT2D eigenvalue weighted by Gasteiger charge is 1.90. The van der Waals surface area contributed by atoms with Gasteiger partial charge < -0.3 is 9.88 Å². The van der Waals surface area contributed by atoms with E-state index < -0.39 is 0 Å². The van der Waals surface area contributed by atoms with Crippen LogP contribution in [-0.2, 0) is 7.05 Å². The van der Waals surface area contributed by atoms with E-state index in [0.717, 1.165) is 5.82 Å². The van der Waals surface area contributed by atoms with Crippen molar-refractivity contribution in [1.82, 2.24) is 4.57 Å². The molecule has 0 aliphatic rings. The summed E-state index contributed by atoms with van der Waals surface area (Å²) in [7, 11) is 3.67. The van der Waals surface area contributed by atoms with Gasteiger partial charge >= 0.3 is 0 Å². The van der Waals surface area contributed by atoms with Gasteiger partial charge in [-0.15, -0.1) is 0 Å². The van der Waals surface area contributed by atoms with Gasteiger partial charge in [-0.1, -0.05) is 0 Å². The molecule has 10 heavy (non-hydrogen) atoms. The van der Waals surface area contributed by atoms with E-state index >= 15 is 0 Å². The van der Waals surface area contributed by atoms with Crippen LogP contribution >= 0.6 is 0 Å². The molecule has 0 fully saturated rings. The van der Waals surface area contributed by atoms with Crippen LogP contribution in [0, 0.1) is 0 Å². The van der Waals surface area contributed by atoms with Crippen LogP contribution in [0.15, 0.2) is 23.1 Å². The molecule has 0 aromatic carbocycles. The molecule has 0 unspecified atom stereocenters. The fourth-order valence-corrected chi connectivity index (χ4v) is 0.799. The fourth-order valence-electron chi connectivity index (χ4n) is 0.799. The summed E-state index contributed by atoms with van der Waals surface area (Å²) in [5.41, 5.74) is 0.0300. The molecule has 1 N–H and O–H groups in total. The average molecular weight is 138 g/mol. The number of aromatic nitrogens is 1. The number of nitrogens with one attached hydrogen (secondary N) is 1. The third kappa shape index (κ3) is 1.18. The molecule has 0 amide bonds. The molecule has 3 nitrogen and oxygen atoms in total. The van der Waals surface area contributed by atoms with Crippen molar-refractivity contribution >= 4 is 5.82 Å². The van der Waals surface area contributed by atoms with Gasteiger partial charge in [0.1, 0.15) is 5.82 Å². The average Bonchev–Trinajstić information content (AvgIpc) is 1.94. The van der Waals surface area contributed by atoms with Crippen molar-refractivity contribution in [2.75, 3.05) is 12.4 Å². The van der Waals surface area contributed by atoms with Gasteiger partial charge in [0, 0.05) is 32.4 Å². The first-order valence-electron chi connectivity index (χ1n) is 3.08. The normalized spacial score (nSPS) is 9.40. The smallest absolute Gasteiger partial charge is 0.183 e. The summed E-state index contributed by atoms with van der Waals surface area (Å²) < 4.78 is 1.85. The first kappa shape index (κ1) is 6.86.